The van der Waals surface area contributed by atoms with Crippen molar-refractivity contribution in [3.05, 3.63) is 76.8 Å². The van der Waals surface area contributed by atoms with Gasteiger partial charge in [-0.2, -0.15) is 0 Å². The van der Waals surface area contributed by atoms with Gasteiger partial charge in [0.25, 0.3) is 0 Å². The van der Waals surface area contributed by atoms with Gasteiger partial charge >= 0.3 is 0 Å². The Hall–Kier alpha value is -3.07. The van der Waals surface area contributed by atoms with Crippen LogP contribution in [0.3, 0.4) is 0 Å². The molecule has 4 aromatic rings. The van der Waals surface area contributed by atoms with E-state index >= 15 is 0 Å². The van der Waals surface area contributed by atoms with Crippen LogP contribution >= 0.6 is 34.7 Å². The van der Waals surface area contributed by atoms with Gasteiger partial charge in [0.2, 0.25) is 11.8 Å². The van der Waals surface area contributed by atoms with Crippen molar-refractivity contribution >= 4 is 68.7 Å². The number of fused-ring (bicyclic) bond motifs is 1. The highest BCUT2D eigenvalue weighted by Crippen LogP contribution is 2.28. The summed E-state index contributed by atoms with van der Waals surface area (Å²) in [6.07, 6.45) is 0.128. The molecule has 33 heavy (non-hydrogen) atoms. The van der Waals surface area contributed by atoms with Crippen molar-refractivity contribution in [2.75, 3.05) is 23.5 Å². The Balaban J connectivity index is 1.29. The van der Waals surface area contributed by atoms with E-state index in [1.54, 1.807) is 18.2 Å². The number of benzene rings is 3. The molecule has 3 aromatic carbocycles. The molecular weight excluding hydrogens is 478 g/mol. The molecule has 0 aliphatic carbocycles. The van der Waals surface area contributed by atoms with Gasteiger partial charge in [-0.1, -0.05) is 59.8 Å². The van der Waals surface area contributed by atoms with Crippen LogP contribution in [-0.2, 0) is 16.0 Å². The Morgan fingerprint density at radius 1 is 1.06 bits per heavy atom. The lowest BCUT2D eigenvalue weighted by Crippen LogP contribution is -2.15. The Kier molecular flexibility index (Phi) is 7.49. The van der Waals surface area contributed by atoms with Crippen molar-refractivity contribution in [3.63, 3.8) is 0 Å². The lowest BCUT2D eigenvalue weighted by molar-refractivity contribution is -0.116. The zero-order valence-corrected chi connectivity index (χ0v) is 20.0. The van der Waals surface area contributed by atoms with Crippen molar-refractivity contribution < 1.29 is 14.3 Å². The summed E-state index contributed by atoms with van der Waals surface area (Å²) in [5, 5.41) is 10.1. The van der Waals surface area contributed by atoms with Gasteiger partial charge in [-0.05, 0) is 29.7 Å². The highest BCUT2D eigenvalue weighted by Gasteiger charge is 2.12. The highest BCUT2D eigenvalue weighted by atomic mass is 35.5. The van der Waals surface area contributed by atoms with Gasteiger partial charge in [-0.25, -0.2) is 4.98 Å². The summed E-state index contributed by atoms with van der Waals surface area (Å²) in [7, 11) is 1.53. The summed E-state index contributed by atoms with van der Waals surface area (Å²) >= 11 is 8.85. The minimum absolute atomic E-state index is 0.109. The Morgan fingerprint density at radius 2 is 1.88 bits per heavy atom. The molecule has 0 unspecified atom stereocenters. The van der Waals surface area contributed by atoms with Crippen LogP contribution in [0.15, 0.2) is 70.4 Å². The third kappa shape index (κ3) is 6.04. The molecule has 6 nitrogen and oxygen atoms in total. The van der Waals surface area contributed by atoms with Crippen molar-refractivity contribution in [3.8, 4) is 5.75 Å². The molecule has 0 saturated carbocycles. The summed E-state index contributed by atoms with van der Waals surface area (Å²) in [6, 6.07) is 18.8. The Bertz CT molecular complexity index is 1300. The molecule has 0 spiro atoms. The van der Waals surface area contributed by atoms with Crippen LogP contribution in [-0.4, -0.2) is 29.7 Å². The average molecular weight is 498 g/mol. The fourth-order valence-corrected chi connectivity index (χ4v) is 5.10. The first-order valence-electron chi connectivity index (χ1n) is 10.00. The molecule has 0 fully saturated rings. The predicted molar refractivity (Wildman–Crippen MR) is 136 cm³/mol. The molecule has 9 heteroatoms. The number of nitrogens with zero attached hydrogens (tertiary/aromatic N) is 1. The fourth-order valence-electron chi connectivity index (χ4n) is 3.20. The van der Waals surface area contributed by atoms with Gasteiger partial charge < -0.3 is 15.4 Å². The fraction of sp³-hybridized carbons (Fsp3) is 0.125. The molecule has 0 radical (unpaired) electrons. The van der Waals surface area contributed by atoms with Gasteiger partial charge in [-0.15, -0.1) is 11.3 Å². The van der Waals surface area contributed by atoms with Crippen molar-refractivity contribution in [2.24, 2.45) is 0 Å². The normalized spacial score (nSPS) is 10.7. The van der Waals surface area contributed by atoms with E-state index in [4.69, 9.17) is 16.3 Å². The molecule has 168 valence electrons. The quantitative estimate of drug-likeness (QED) is 0.297. The number of nitrogens with one attached hydrogen (secondary N) is 2. The smallest absolute Gasteiger partial charge is 0.234 e. The first kappa shape index (κ1) is 23.1. The number of amides is 2. The number of carbonyl (C=O) groups excluding carboxylic acids is 2. The number of ether oxygens (including phenoxy) is 1. The number of thioether (sulfide) groups is 1. The zero-order chi connectivity index (χ0) is 23.2. The standard InChI is InChI=1S/C24H20ClN3O3S2/c1-31-21-10-9-16(11-19(21)25)26-22(29)12-17-13-32-24(27-17)33-14-23(30)28-20-8-4-6-15-5-2-3-7-18(15)20/h2-11,13H,12,14H2,1H3,(H,26,29)(H,28,30). The van der Waals surface area contributed by atoms with Gasteiger partial charge in [0.05, 0.1) is 30.0 Å². The van der Waals surface area contributed by atoms with Crippen molar-refractivity contribution in [1.82, 2.24) is 4.98 Å². The SMILES string of the molecule is COc1ccc(NC(=O)Cc2csc(SCC(=O)Nc3cccc4ccccc34)n2)cc1Cl. The molecule has 1 aromatic heterocycles. The summed E-state index contributed by atoms with van der Waals surface area (Å²) in [5.74, 6) is 0.460. The number of thiazole rings is 1. The van der Waals surface area contributed by atoms with E-state index in [2.05, 4.69) is 15.6 Å². The van der Waals surface area contributed by atoms with E-state index in [9.17, 15) is 9.59 Å². The van der Waals surface area contributed by atoms with Crippen molar-refractivity contribution in [2.45, 2.75) is 10.8 Å². The van der Waals surface area contributed by atoms with Crippen LogP contribution in [0, 0.1) is 0 Å². The monoisotopic (exact) mass is 497 g/mol. The van der Waals surface area contributed by atoms with Gasteiger partial charge in [0.15, 0.2) is 4.34 Å². The molecule has 4 rings (SSSR count). The van der Waals surface area contributed by atoms with Crippen LogP contribution in [0.1, 0.15) is 5.69 Å². The number of aromatic nitrogens is 1. The largest absolute Gasteiger partial charge is 0.495 e. The van der Waals surface area contributed by atoms with E-state index in [0.29, 0.717) is 22.2 Å². The van der Waals surface area contributed by atoms with Crippen LogP contribution in [0.4, 0.5) is 11.4 Å². The summed E-state index contributed by atoms with van der Waals surface area (Å²) < 4.78 is 5.85. The molecule has 0 saturated heterocycles. The van der Waals surface area contributed by atoms with Crippen LogP contribution in [0.2, 0.25) is 5.02 Å². The molecule has 0 aliphatic rings. The maximum atomic E-state index is 12.5. The lowest BCUT2D eigenvalue weighted by Gasteiger charge is -2.08. The van der Waals surface area contributed by atoms with Gasteiger partial charge in [0, 0.05) is 22.1 Å². The van der Waals surface area contributed by atoms with Gasteiger partial charge in [-0.3, -0.25) is 9.59 Å². The lowest BCUT2D eigenvalue weighted by atomic mass is 10.1. The topological polar surface area (TPSA) is 80.3 Å². The van der Waals surface area contributed by atoms with E-state index in [-0.39, 0.29) is 24.0 Å². The molecule has 2 amide bonds. The van der Waals surface area contributed by atoms with E-state index in [0.717, 1.165) is 20.8 Å². The maximum absolute atomic E-state index is 12.5. The molecular formula is C24H20ClN3O3S2. The number of hydrogen-bond donors (Lipinski definition) is 2. The summed E-state index contributed by atoms with van der Waals surface area (Å²) in [4.78, 5) is 29.3. The molecule has 2 N–H and O–H groups in total. The average Bonchev–Trinajstić information content (AvgIpc) is 3.25. The summed E-state index contributed by atoms with van der Waals surface area (Å²) in [6.45, 7) is 0. The van der Waals surface area contributed by atoms with Crippen molar-refractivity contribution in [1.29, 1.82) is 0 Å². The number of carbonyl (C=O) groups is 2. The highest BCUT2D eigenvalue weighted by molar-refractivity contribution is 8.01. The number of methoxy groups -OCH3 is 1. The van der Waals surface area contributed by atoms with Crippen LogP contribution in [0.5, 0.6) is 5.75 Å². The minimum Gasteiger partial charge on any atom is -0.495 e. The number of hydrogen-bond acceptors (Lipinski definition) is 6. The molecule has 1 heterocycles. The van der Waals surface area contributed by atoms with E-state index in [1.165, 1.54) is 30.2 Å². The second-order valence-corrected chi connectivity index (χ2v) is 9.53. The Morgan fingerprint density at radius 3 is 2.70 bits per heavy atom. The zero-order valence-electron chi connectivity index (χ0n) is 17.6. The van der Waals surface area contributed by atoms with Crippen LogP contribution < -0.4 is 15.4 Å². The van der Waals surface area contributed by atoms with E-state index < -0.39 is 0 Å². The first-order valence-corrected chi connectivity index (χ1v) is 12.2. The number of halogens is 1. The maximum Gasteiger partial charge on any atom is 0.234 e. The van der Waals surface area contributed by atoms with E-state index in [1.807, 2.05) is 47.8 Å². The third-order valence-electron chi connectivity index (χ3n) is 4.70. The number of rotatable bonds is 8. The second-order valence-electron chi connectivity index (χ2n) is 7.04. The third-order valence-corrected chi connectivity index (χ3v) is 7.06. The van der Waals surface area contributed by atoms with Gasteiger partial charge in [0.1, 0.15) is 5.75 Å². The second kappa shape index (κ2) is 10.7. The predicted octanol–water partition coefficient (Wildman–Crippen LogP) is 5.87. The molecule has 0 atom stereocenters. The molecule has 0 bridgehead atoms. The minimum atomic E-state index is -0.202. The summed E-state index contributed by atoms with van der Waals surface area (Å²) in [5.41, 5.74) is 2.02. The Labute approximate surface area is 204 Å². The number of anilines is 2. The first-order chi connectivity index (χ1) is 16.0. The van der Waals surface area contributed by atoms with Crippen LogP contribution in [0.25, 0.3) is 10.8 Å². The molecule has 0 aliphatic heterocycles.